The number of nitrogens with one attached hydrogen (secondary N) is 1. The molecule has 6 aromatic rings. The van der Waals surface area contributed by atoms with Gasteiger partial charge in [0.1, 0.15) is 0 Å². The van der Waals surface area contributed by atoms with Crippen LogP contribution in [-0.2, 0) is 0 Å². The van der Waals surface area contributed by atoms with E-state index in [2.05, 4.69) is 92.9 Å². The molecule has 0 fully saturated rings. The quantitative estimate of drug-likeness (QED) is 0.204. The highest BCUT2D eigenvalue weighted by atomic mass is 35.5. The van der Waals surface area contributed by atoms with Crippen LogP contribution < -0.4 is 5.43 Å². The van der Waals surface area contributed by atoms with Crippen molar-refractivity contribution in [2.45, 2.75) is 0 Å². The van der Waals surface area contributed by atoms with Crippen LogP contribution in [-0.4, -0.2) is 15.8 Å². The number of hydrogen-bond donors (Lipinski definition) is 1. The van der Waals surface area contributed by atoms with E-state index in [0.29, 0.717) is 5.02 Å². The average molecular weight is 473 g/mol. The predicted molar refractivity (Wildman–Crippen MR) is 147 cm³/mol. The first-order valence-corrected chi connectivity index (χ1v) is 11.7. The van der Waals surface area contributed by atoms with Crippen molar-refractivity contribution < 1.29 is 0 Å². The number of rotatable bonds is 5. The summed E-state index contributed by atoms with van der Waals surface area (Å²) in [6.07, 6.45) is 3.67. The van der Waals surface area contributed by atoms with Crippen molar-refractivity contribution in [3.63, 3.8) is 0 Å². The van der Waals surface area contributed by atoms with Crippen molar-refractivity contribution in [3.8, 4) is 16.9 Å². The first kappa shape index (κ1) is 21.1. The van der Waals surface area contributed by atoms with Crippen LogP contribution in [0.2, 0.25) is 5.02 Å². The van der Waals surface area contributed by atoms with Crippen LogP contribution in [0.25, 0.3) is 38.8 Å². The summed E-state index contributed by atoms with van der Waals surface area (Å²) in [6.45, 7) is 0. The lowest BCUT2D eigenvalue weighted by atomic mass is 10.1. The molecule has 0 amide bonds. The van der Waals surface area contributed by atoms with Gasteiger partial charge in [-0.2, -0.15) is 5.10 Å². The predicted octanol–water partition coefficient (Wildman–Crippen LogP) is 7.95. The molecule has 0 unspecified atom stereocenters. The van der Waals surface area contributed by atoms with Gasteiger partial charge in [0.2, 0.25) is 0 Å². The van der Waals surface area contributed by atoms with Crippen molar-refractivity contribution in [1.29, 1.82) is 0 Å². The van der Waals surface area contributed by atoms with Gasteiger partial charge in [0.05, 0.1) is 28.6 Å². The minimum atomic E-state index is 0.659. The molecule has 0 aliphatic rings. The van der Waals surface area contributed by atoms with Gasteiger partial charge in [-0.1, -0.05) is 78.3 Å². The van der Waals surface area contributed by atoms with E-state index in [-0.39, 0.29) is 0 Å². The zero-order chi connectivity index (χ0) is 23.6. The first-order valence-electron chi connectivity index (χ1n) is 11.4. The molecule has 35 heavy (non-hydrogen) atoms. The molecule has 0 bridgehead atoms. The average Bonchev–Trinajstić information content (AvgIpc) is 3.24. The van der Waals surface area contributed by atoms with E-state index in [1.165, 1.54) is 0 Å². The molecule has 0 saturated heterocycles. The van der Waals surface area contributed by atoms with E-state index >= 15 is 0 Å². The number of pyridine rings is 1. The Morgan fingerprint density at radius 1 is 0.771 bits per heavy atom. The minimum absolute atomic E-state index is 0.659. The molecule has 0 radical (unpaired) electrons. The van der Waals surface area contributed by atoms with Crippen LogP contribution in [0.4, 0.5) is 5.69 Å². The molecule has 4 aromatic carbocycles. The SMILES string of the molecule is Clc1ccc2c(NN=Cc3c(-c4ccccc4)n(-c4ccccc4)c4ccccc34)ccnc2c1. The number of hydrazone groups is 1. The molecule has 2 aromatic heterocycles. The summed E-state index contributed by atoms with van der Waals surface area (Å²) in [5.74, 6) is 0. The van der Waals surface area contributed by atoms with E-state index in [9.17, 15) is 0 Å². The number of benzene rings is 4. The van der Waals surface area contributed by atoms with Gasteiger partial charge in [0.25, 0.3) is 0 Å². The molecule has 0 spiro atoms. The second-order valence-electron chi connectivity index (χ2n) is 8.21. The first-order chi connectivity index (χ1) is 17.3. The third kappa shape index (κ3) is 3.94. The van der Waals surface area contributed by atoms with Crippen molar-refractivity contribution in [3.05, 3.63) is 126 Å². The number of fused-ring (bicyclic) bond motifs is 2. The van der Waals surface area contributed by atoms with E-state index in [4.69, 9.17) is 11.6 Å². The zero-order valence-electron chi connectivity index (χ0n) is 18.8. The van der Waals surface area contributed by atoms with Crippen LogP contribution in [0.5, 0.6) is 0 Å². The Hall–Kier alpha value is -4.41. The van der Waals surface area contributed by atoms with Crippen LogP contribution in [0, 0.1) is 0 Å². The van der Waals surface area contributed by atoms with Gasteiger partial charge in [-0.3, -0.25) is 10.4 Å². The van der Waals surface area contributed by atoms with Crippen molar-refractivity contribution >= 4 is 45.3 Å². The Morgan fingerprint density at radius 3 is 2.34 bits per heavy atom. The van der Waals surface area contributed by atoms with Gasteiger partial charge in [-0.15, -0.1) is 0 Å². The summed E-state index contributed by atoms with van der Waals surface area (Å²) in [6, 6.07) is 36.9. The number of para-hydroxylation sites is 2. The number of aromatic nitrogens is 2. The Kier molecular flexibility index (Phi) is 5.49. The molecular formula is C30H21ClN4. The highest BCUT2D eigenvalue weighted by Crippen LogP contribution is 2.35. The summed E-state index contributed by atoms with van der Waals surface area (Å²) in [5.41, 5.74) is 10.4. The maximum absolute atomic E-state index is 6.15. The van der Waals surface area contributed by atoms with Gasteiger partial charge < -0.3 is 4.57 Å². The second-order valence-corrected chi connectivity index (χ2v) is 8.64. The standard InChI is InChI=1S/C30H21ClN4/c31-22-15-16-25-27(17-18-32-28(25)19-22)34-33-20-26-24-13-7-8-14-29(24)35(23-11-5-2-6-12-23)30(26)21-9-3-1-4-10-21/h1-20H,(H,32,34). The van der Waals surface area contributed by atoms with Gasteiger partial charge >= 0.3 is 0 Å². The van der Waals surface area contributed by atoms with Crippen molar-refractivity contribution in [2.75, 3.05) is 5.43 Å². The number of halogens is 1. The monoisotopic (exact) mass is 472 g/mol. The van der Waals surface area contributed by atoms with Gasteiger partial charge in [-0.05, 0) is 48.0 Å². The summed E-state index contributed by atoms with van der Waals surface area (Å²) in [7, 11) is 0. The molecule has 0 aliphatic heterocycles. The highest BCUT2D eigenvalue weighted by molar-refractivity contribution is 6.31. The smallest absolute Gasteiger partial charge is 0.0738 e. The summed E-state index contributed by atoms with van der Waals surface area (Å²) >= 11 is 6.15. The topological polar surface area (TPSA) is 42.2 Å². The lowest BCUT2D eigenvalue weighted by Crippen LogP contribution is -1.98. The van der Waals surface area contributed by atoms with Crippen LogP contribution in [0.15, 0.2) is 120 Å². The molecule has 2 heterocycles. The molecule has 6 rings (SSSR count). The third-order valence-electron chi connectivity index (χ3n) is 6.06. The highest BCUT2D eigenvalue weighted by Gasteiger charge is 2.18. The molecule has 0 saturated carbocycles. The van der Waals surface area contributed by atoms with Crippen LogP contribution in [0.1, 0.15) is 5.56 Å². The fourth-order valence-electron chi connectivity index (χ4n) is 4.51. The number of hydrogen-bond acceptors (Lipinski definition) is 3. The molecule has 5 heteroatoms. The largest absolute Gasteiger partial charge is 0.309 e. The lowest BCUT2D eigenvalue weighted by Gasteiger charge is -2.12. The molecule has 0 aliphatic carbocycles. The van der Waals surface area contributed by atoms with Crippen molar-refractivity contribution in [1.82, 2.24) is 9.55 Å². The van der Waals surface area contributed by atoms with E-state index in [1.807, 2.05) is 42.6 Å². The number of nitrogens with zero attached hydrogens (tertiary/aromatic N) is 3. The Bertz CT molecular complexity index is 1670. The van der Waals surface area contributed by atoms with Crippen LogP contribution in [0.3, 0.4) is 0 Å². The fourth-order valence-corrected chi connectivity index (χ4v) is 4.67. The normalized spacial score (nSPS) is 11.5. The third-order valence-corrected chi connectivity index (χ3v) is 6.29. The maximum Gasteiger partial charge on any atom is 0.0738 e. The van der Waals surface area contributed by atoms with E-state index in [0.717, 1.165) is 50.0 Å². The summed E-state index contributed by atoms with van der Waals surface area (Å²) in [5, 5.41) is 7.43. The molecule has 4 nitrogen and oxygen atoms in total. The van der Waals surface area contributed by atoms with E-state index < -0.39 is 0 Å². The van der Waals surface area contributed by atoms with Crippen LogP contribution >= 0.6 is 11.6 Å². The minimum Gasteiger partial charge on any atom is -0.309 e. The summed E-state index contributed by atoms with van der Waals surface area (Å²) in [4.78, 5) is 4.42. The fraction of sp³-hybridized carbons (Fsp3) is 0. The van der Waals surface area contributed by atoms with Gasteiger partial charge in [-0.25, -0.2) is 0 Å². The van der Waals surface area contributed by atoms with Crippen molar-refractivity contribution in [2.24, 2.45) is 5.10 Å². The Labute approximate surface area is 208 Å². The van der Waals surface area contributed by atoms with Gasteiger partial charge in [0.15, 0.2) is 0 Å². The van der Waals surface area contributed by atoms with Gasteiger partial charge in [0, 0.05) is 33.2 Å². The lowest BCUT2D eigenvalue weighted by molar-refractivity contribution is 1.13. The molecular weight excluding hydrogens is 452 g/mol. The number of anilines is 1. The zero-order valence-corrected chi connectivity index (χ0v) is 19.5. The maximum atomic E-state index is 6.15. The molecule has 168 valence electrons. The Morgan fingerprint density at radius 2 is 1.51 bits per heavy atom. The second kappa shape index (κ2) is 9.09. The van der Waals surface area contributed by atoms with E-state index in [1.54, 1.807) is 6.20 Å². The Balaban J connectivity index is 1.52. The molecule has 0 atom stereocenters. The molecule has 1 N–H and O–H groups in total. The summed E-state index contributed by atoms with van der Waals surface area (Å²) < 4.78 is 2.30.